The maximum atomic E-state index is 12.8. The van der Waals surface area contributed by atoms with E-state index in [-0.39, 0.29) is 5.91 Å². The second kappa shape index (κ2) is 9.34. The van der Waals surface area contributed by atoms with Crippen LogP contribution in [0.2, 0.25) is 0 Å². The number of benzene rings is 1. The molecule has 0 spiro atoms. The number of ether oxygens (including phenoxy) is 1. The molecule has 0 saturated carbocycles. The number of rotatable bonds is 7. The van der Waals surface area contributed by atoms with Gasteiger partial charge in [-0.1, -0.05) is 12.1 Å². The van der Waals surface area contributed by atoms with Gasteiger partial charge in [0, 0.05) is 38.6 Å². The molecule has 7 heteroatoms. The van der Waals surface area contributed by atoms with Crippen LogP contribution >= 0.6 is 0 Å². The molecule has 2 aromatic rings. The average Bonchev–Trinajstić information content (AvgIpc) is 2.69. The lowest BCUT2D eigenvalue weighted by molar-refractivity contribution is 0.102. The van der Waals surface area contributed by atoms with Crippen molar-refractivity contribution in [2.75, 3.05) is 69.0 Å². The predicted octanol–water partition coefficient (Wildman–Crippen LogP) is 2.14. The summed E-state index contributed by atoms with van der Waals surface area (Å²) in [6.07, 6.45) is 3.32. The summed E-state index contributed by atoms with van der Waals surface area (Å²) in [6, 6.07) is 9.69. The van der Waals surface area contributed by atoms with Crippen molar-refractivity contribution < 1.29 is 9.53 Å². The zero-order chi connectivity index (χ0) is 19.1. The molecule has 3 rings (SSSR count). The third kappa shape index (κ3) is 5.42. The first-order chi connectivity index (χ1) is 13.1. The molecule has 7 nitrogen and oxygen atoms in total. The van der Waals surface area contributed by atoms with E-state index in [1.807, 2.05) is 44.4 Å². The molecule has 1 aromatic carbocycles. The molecule has 1 amide bonds. The molecule has 1 saturated heterocycles. The number of para-hydroxylation sites is 2. The van der Waals surface area contributed by atoms with E-state index < -0.39 is 0 Å². The molecule has 1 aliphatic rings. The lowest BCUT2D eigenvalue weighted by Gasteiger charge is -2.30. The highest BCUT2D eigenvalue weighted by molar-refractivity contribution is 6.06. The van der Waals surface area contributed by atoms with Gasteiger partial charge in [0.1, 0.15) is 0 Å². The van der Waals surface area contributed by atoms with Crippen molar-refractivity contribution in [3.63, 3.8) is 0 Å². The van der Waals surface area contributed by atoms with Gasteiger partial charge in [-0.25, -0.2) is 0 Å². The SMILES string of the molecule is CN(C)CCNc1cncc(C(=O)Nc2ccccc2N2CCOCC2)c1. The Hall–Kier alpha value is -2.64. The summed E-state index contributed by atoms with van der Waals surface area (Å²) >= 11 is 0. The number of pyridine rings is 1. The minimum absolute atomic E-state index is 0.167. The summed E-state index contributed by atoms with van der Waals surface area (Å²) < 4.78 is 5.42. The molecule has 1 fully saturated rings. The van der Waals surface area contributed by atoms with Gasteiger partial charge in [-0.3, -0.25) is 9.78 Å². The van der Waals surface area contributed by atoms with Crippen molar-refractivity contribution in [1.82, 2.24) is 9.88 Å². The van der Waals surface area contributed by atoms with E-state index in [1.165, 1.54) is 0 Å². The molecule has 0 atom stereocenters. The van der Waals surface area contributed by atoms with Gasteiger partial charge in [0.2, 0.25) is 0 Å². The molecule has 144 valence electrons. The number of amides is 1. The molecule has 2 heterocycles. The number of nitrogens with zero attached hydrogens (tertiary/aromatic N) is 3. The van der Waals surface area contributed by atoms with E-state index in [0.717, 1.165) is 43.2 Å². The number of aromatic nitrogens is 1. The Labute approximate surface area is 160 Å². The van der Waals surface area contributed by atoms with E-state index in [9.17, 15) is 4.79 Å². The van der Waals surface area contributed by atoms with Gasteiger partial charge < -0.3 is 25.2 Å². The second-order valence-corrected chi connectivity index (χ2v) is 6.76. The lowest BCUT2D eigenvalue weighted by atomic mass is 10.2. The quantitative estimate of drug-likeness (QED) is 0.779. The molecule has 2 N–H and O–H groups in total. The number of carbonyl (C=O) groups is 1. The zero-order valence-corrected chi connectivity index (χ0v) is 15.9. The van der Waals surface area contributed by atoms with Crippen molar-refractivity contribution in [2.24, 2.45) is 0 Å². The van der Waals surface area contributed by atoms with Crippen LogP contribution in [0.4, 0.5) is 17.1 Å². The van der Waals surface area contributed by atoms with Crippen molar-refractivity contribution >= 4 is 23.0 Å². The Morgan fingerprint density at radius 1 is 1.22 bits per heavy atom. The third-order valence-electron chi connectivity index (χ3n) is 4.39. The Kier molecular flexibility index (Phi) is 6.62. The van der Waals surface area contributed by atoms with E-state index >= 15 is 0 Å². The van der Waals surface area contributed by atoms with Gasteiger partial charge in [-0.15, -0.1) is 0 Å². The first-order valence-electron chi connectivity index (χ1n) is 9.20. The number of anilines is 3. The van der Waals surface area contributed by atoms with Gasteiger partial charge in [-0.2, -0.15) is 0 Å². The van der Waals surface area contributed by atoms with Crippen molar-refractivity contribution in [2.45, 2.75) is 0 Å². The fourth-order valence-electron chi connectivity index (χ4n) is 2.94. The fraction of sp³-hybridized carbons (Fsp3) is 0.400. The minimum atomic E-state index is -0.167. The maximum Gasteiger partial charge on any atom is 0.257 e. The predicted molar refractivity (Wildman–Crippen MR) is 109 cm³/mol. The third-order valence-corrected chi connectivity index (χ3v) is 4.39. The second-order valence-electron chi connectivity index (χ2n) is 6.76. The highest BCUT2D eigenvalue weighted by Crippen LogP contribution is 2.27. The lowest BCUT2D eigenvalue weighted by Crippen LogP contribution is -2.36. The normalized spacial score (nSPS) is 14.3. The van der Waals surface area contributed by atoms with Crippen LogP contribution in [0, 0.1) is 0 Å². The van der Waals surface area contributed by atoms with Gasteiger partial charge in [-0.05, 0) is 32.3 Å². The van der Waals surface area contributed by atoms with Gasteiger partial charge in [0.25, 0.3) is 5.91 Å². The van der Waals surface area contributed by atoms with E-state index in [4.69, 9.17) is 4.74 Å². The van der Waals surface area contributed by atoms with Crippen LogP contribution in [-0.4, -0.2) is 69.3 Å². The van der Waals surface area contributed by atoms with Crippen molar-refractivity contribution in [3.8, 4) is 0 Å². The Balaban J connectivity index is 1.69. The van der Waals surface area contributed by atoms with Gasteiger partial charge >= 0.3 is 0 Å². The number of hydrogen-bond acceptors (Lipinski definition) is 6. The standard InChI is InChI=1S/C20H27N5O2/c1-24(2)8-7-22-17-13-16(14-21-15-17)20(26)23-18-5-3-4-6-19(18)25-9-11-27-12-10-25/h3-6,13-15,22H,7-12H2,1-2H3,(H,23,26). The summed E-state index contributed by atoms with van der Waals surface area (Å²) in [4.78, 5) is 21.3. The van der Waals surface area contributed by atoms with E-state index in [1.54, 1.807) is 12.4 Å². The first-order valence-corrected chi connectivity index (χ1v) is 9.20. The number of hydrogen-bond donors (Lipinski definition) is 2. The summed E-state index contributed by atoms with van der Waals surface area (Å²) in [5.74, 6) is -0.167. The minimum Gasteiger partial charge on any atom is -0.382 e. The van der Waals surface area contributed by atoms with Crippen LogP contribution in [0.25, 0.3) is 0 Å². The molecule has 0 aliphatic carbocycles. The first kappa shape index (κ1) is 19.1. The molecule has 0 unspecified atom stereocenters. The Bertz CT molecular complexity index is 760. The van der Waals surface area contributed by atoms with E-state index in [0.29, 0.717) is 18.8 Å². The topological polar surface area (TPSA) is 69.7 Å². The zero-order valence-electron chi connectivity index (χ0n) is 15.9. The summed E-state index contributed by atoms with van der Waals surface area (Å²) in [5, 5.41) is 6.32. The smallest absolute Gasteiger partial charge is 0.257 e. The van der Waals surface area contributed by atoms with Crippen LogP contribution in [0.15, 0.2) is 42.7 Å². The van der Waals surface area contributed by atoms with E-state index in [2.05, 4.69) is 25.4 Å². The molecule has 0 radical (unpaired) electrons. The number of likely N-dealkylation sites (N-methyl/N-ethyl adjacent to an activating group) is 1. The number of nitrogens with one attached hydrogen (secondary N) is 2. The van der Waals surface area contributed by atoms with Crippen LogP contribution in [-0.2, 0) is 4.74 Å². The molecule has 1 aliphatic heterocycles. The monoisotopic (exact) mass is 369 g/mol. The summed E-state index contributed by atoms with van der Waals surface area (Å²) in [6.45, 7) is 4.74. The van der Waals surface area contributed by atoms with Gasteiger partial charge in [0.15, 0.2) is 0 Å². The van der Waals surface area contributed by atoms with Crippen LogP contribution in [0.1, 0.15) is 10.4 Å². The highest BCUT2D eigenvalue weighted by Gasteiger charge is 2.16. The Morgan fingerprint density at radius 3 is 2.78 bits per heavy atom. The molecule has 27 heavy (non-hydrogen) atoms. The fourth-order valence-corrected chi connectivity index (χ4v) is 2.94. The number of morpholine rings is 1. The molecule has 0 bridgehead atoms. The molecule has 1 aromatic heterocycles. The Morgan fingerprint density at radius 2 is 2.00 bits per heavy atom. The largest absolute Gasteiger partial charge is 0.382 e. The maximum absolute atomic E-state index is 12.8. The van der Waals surface area contributed by atoms with Crippen LogP contribution < -0.4 is 15.5 Å². The van der Waals surface area contributed by atoms with Crippen LogP contribution in [0.3, 0.4) is 0 Å². The van der Waals surface area contributed by atoms with Crippen molar-refractivity contribution in [3.05, 3.63) is 48.3 Å². The summed E-state index contributed by atoms with van der Waals surface area (Å²) in [7, 11) is 4.05. The molecular weight excluding hydrogens is 342 g/mol. The number of carbonyl (C=O) groups excluding carboxylic acids is 1. The molecular formula is C20H27N5O2. The van der Waals surface area contributed by atoms with Crippen molar-refractivity contribution in [1.29, 1.82) is 0 Å². The average molecular weight is 369 g/mol. The van der Waals surface area contributed by atoms with Gasteiger partial charge in [0.05, 0.1) is 35.8 Å². The summed E-state index contributed by atoms with van der Waals surface area (Å²) in [5.41, 5.74) is 3.19. The van der Waals surface area contributed by atoms with Crippen LogP contribution in [0.5, 0.6) is 0 Å². The highest BCUT2D eigenvalue weighted by atomic mass is 16.5.